The molecule has 1 amide bonds. The summed E-state index contributed by atoms with van der Waals surface area (Å²) in [7, 11) is 0. The number of amides is 1. The van der Waals surface area contributed by atoms with Crippen LogP contribution in [-0.4, -0.2) is 22.1 Å². The number of halogens is 2. The fourth-order valence-corrected chi connectivity index (χ4v) is 2.87. The van der Waals surface area contributed by atoms with Crippen LogP contribution in [-0.2, 0) is 4.79 Å². The van der Waals surface area contributed by atoms with E-state index in [0.717, 1.165) is 18.2 Å². The molecule has 0 saturated carbocycles. The van der Waals surface area contributed by atoms with Crippen molar-refractivity contribution in [2.75, 3.05) is 11.6 Å². The van der Waals surface area contributed by atoms with Gasteiger partial charge in [0.2, 0.25) is 5.91 Å². The summed E-state index contributed by atoms with van der Waals surface area (Å²) in [6.07, 6.45) is 1.58. The van der Waals surface area contributed by atoms with Gasteiger partial charge in [0, 0.05) is 12.3 Å². The Bertz CT molecular complexity index is 822. The number of aromatic amines is 1. The minimum Gasteiger partial charge on any atom is -0.310 e. The summed E-state index contributed by atoms with van der Waals surface area (Å²) in [6.45, 7) is 0. The number of fused-ring (bicyclic) bond motifs is 1. The molecule has 8 heteroatoms. The number of benzene rings is 1. The number of hydrogen-bond acceptors (Lipinski definition) is 4. The van der Waals surface area contributed by atoms with Crippen LogP contribution in [0.5, 0.6) is 0 Å². The lowest BCUT2D eigenvalue weighted by molar-refractivity contribution is -0.116. The van der Waals surface area contributed by atoms with Gasteiger partial charge < -0.3 is 10.3 Å². The van der Waals surface area contributed by atoms with E-state index in [9.17, 15) is 18.4 Å². The highest BCUT2D eigenvalue weighted by atomic mass is 32.2. The van der Waals surface area contributed by atoms with Gasteiger partial charge >= 0.3 is 0 Å². The zero-order valence-corrected chi connectivity index (χ0v) is 12.3. The Morgan fingerprint density at radius 3 is 2.82 bits per heavy atom. The molecule has 1 aromatic heterocycles. The van der Waals surface area contributed by atoms with Crippen LogP contribution in [0.25, 0.3) is 0 Å². The Morgan fingerprint density at radius 1 is 1.32 bits per heavy atom. The molecule has 0 fully saturated rings. The van der Waals surface area contributed by atoms with Gasteiger partial charge in [-0.1, -0.05) is 11.8 Å². The van der Waals surface area contributed by atoms with Crippen molar-refractivity contribution < 1.29 is 13.6 Å². The number of carbonyl (C=O) groups excluding carboxylic acids is 1. The molecule has 0 spiro atoms. The predicted octanol–water partition coefficient (Wildman–Crippen LogP) is 2.24. The fourth-order valence-electron chi connectivity index (χ4n) is 2.49. The second kappa shape index (κ2) is 5.53. The number of nitrogens with zero attached hydrogens (tertiary/aromatic N) is 1. The van der Waals surface area contributed by atoms with Gasteiger partial charge in [0.1, 0.15) is 17.5 Å². The molecule has 3 rings (SSSR count). The smallest absolute Gasteiger partial charge is 0.257 e. The topological polar surface area (TPSA) is 74.8 Å². The summed E-state index contributed by atoms with van der Waals surface area (Å²) < 4.78 is 27.4. The van der Waals surface area contributed by atoms with Crippen LogP contribution in [0.15, 0.2) is 28.2 Å². The number of nitrogens with one attached hydrogen (secondary N) is 2. The van der Waals surface area contributed by atoms with Gasteiger partial charge in [-0.25, -0.2) is 13.8 Å². The lowest BCUT2D eigenvalue weighted by Gasteiger charge is -2.24. The molecule has 0 radical (unpaired) electrons. The van der Waals surface area contributed by atoms with Crippen LogP contribution in [0, 0.1) is 11.6 Å². The summed E-state index contributed by atoms with van der Waals surface area (Å²) >= 11 is 1.21. The first-order chi connectivity index (χ1) is 10.5. The van der Waals surface area contributed by atoms with E-state index >= 15 is 0 Å². The standard InChI is InChI=1S/C14H11F2N3O2S/c1-22-14-18-12-11(13(21)19-14)8(5-10(20)17-12)7-4-6(15)2-3-9(7)16/h2-4,8H,5H2,1H3,(H2,17,18,19,20,21)/t8-/m0/s1. The zero-order chi connectivity index (χ0) is 15.9. The van der Waals surface area contributed by atoms with Gasteiger partial charge in [-0.15, -0.1) is 0 Å². The normalized spacial score (nSPS) is 17.0. The van der Waals surface area contributed by atoms with Crippen molar-refractivity contribution in [3.63, 3.8) is 0 Å². The highest BCUT2D eigenvalue weighted by molar-refractivity contribution is 7.98. The molecule has 2 N–H and O–H groups in total. The lowest BCUT2D eigenvalue weighted by atomic mass is 9.86. The summed E-state index contributed by atoms with van der Waals surface area (Å²) in [5, 5.41) is 2.85. The second-order valence-corrected chi connectivity index (χ2v) is 5.60. The summed E-state index contributed by atoms with van der Waals surface area (Å²) in [5.41, 5.74) is -0.356. The van der Waals surface area contributed by atoms with Crippen molar-refractivity contribution in [3.8, 4) is 0 Å². The van der Waals surface area contributed by atoms with E-state index in [0.29, 0.717) is 5.16 Å². The summed E-state index contributed by atoms with van der Waals surface area (Å²) in [5.74, 6) is -2.47. The van der Waals surface area contributed by atoms with Gasteiger partial charge in [-0.2, -0.15) is 0 Å². The van der Waals surface area contributed by atoms with Gasteiger partial charge in [0.25, 0.3) is 5.56 Å². The average Bonchev–Trinajstić information content (AvgIpc) is 2.48. The first-order valence-corrected chi connectivity index (χ1v) is 7.65. The maximum atomic E-state index is 14.0. The van der Waals surface area contributed by atoms with Crippen LogP contribution in [0.3, 0.4) is 0 Å². The molecule has 114 valence electrons. The number of aromatic nitrogens is 2. The molecule has 0 unspecified atom stereocenters. The van der Waals surface area contributed by atoms with Crippen molar-refractivity contribution >= 4 is 23.5 Å². The monoisotopic (exact) mass is 323 g/mol. The SMILES string of the molecule is CSc1nc2c(c(=O)[nH]1)[C@H](c1cc(F)ccc1F)CC(=O)N2. The first-order valence-electron chi connectivity index (χ1n) is 6.42. The van der Waals surface area contributed by atoms with Gasteiger partial charge in [-0.05, 0) is 30.0 Å². The van der Waals surface area contributed by atoms with Crippen LogP contribution in [0.4, 0.5) is 14.6 Å². The quantitative estimate of drug-likeness (QED) is 0.656. The van der Waals surface area contributed by atoms with E-state index < -0.39 is 29.0 Å². The Labute approximate surface area is 128 Å². The molecule has 22 heavy (non-hydrogen) atoms. The Balaban J connectivity index is 2.22. The van der Waals surface area contributed by atoms with E-state index in [1.165, 1.54) is 11.8 Å². The number of H-pyrrole nitrogens is 1. The van der Waals surface area contributed by atoms with Gasteiger partial charge in [0.15, 0.2) is 5.16 Å². The van der Waals surface area contributed by atoms with Crippen LogP contribution < -0.4 is 10.9 Å². The number of carbonyl (C=O) groups is 1. The molecule has 2 aromatic rings. The molecular formula is C14H11F2N3O2S. The first kappa shape index (κ1) is 14.7. The Kier molecular flexibility index (Phi) is 3.69. The third-order valence-electron chi connectivity index (χ3n) is 3.46. The number of rotatable bonds is 2. The fraction of sp³-hybridized carbons (Fsp3) is 0.214. The van der Waals surface area contributed by atoms with E-state index in [1.54, 1.807) is 6.26 Å². The Hall–Kier alpha value is -2.22. The molecule has 1 aliphatic rings. The number of anilines is 1. The van der Waals surface area contributed by atoms with Gasteiger partial charge in [-0.3, -0.25) is 9.59 Å². The lowest BCUT2D eigenvalue weighted by Crippen LogP contribution is -2.31. The molecule has 5 nitrogen and oxygen atoms in total. The second-order valence-electron chi connectivity index (χ2n) is 4.81. The number of hydrogen-bond donors (Lipinski definition) is 2. The van der Waals surface area contributed by atoms with Gasteiger partial charge in [0.05, 0.1) is 5.56 Å². The predicted molar refractivity (Wildman–Crippen MR) is 78.1 cm³/mol. The van der Waals surface area contributed by atoms with E-state index in [1.807, 2.05) is 0 Å². The van der Waals surface area contributed by atoms with E-state index in [-0.39, 0.29) is 23.4 Å². The number of thioether (sulfide) groups is 1. The molecule has 1 atom stereocenters. The molecule has 1 aromatic carbocycles. The van der Waals surface area contributed by atoms with E-state index in [2.05, 4.69) is 15.3 Å². The minimum atomic E-state index is -0.869. The van der Waals surface area contributed by atoms with Crippen molar-refractivity contribution in [1.82, 2.24) is 9.97 Å². The molecule has 0 aliphatic carbocycles. The largest absolute Gasteiger partial charge is 0.310 e. The molecule has 2 heterocycles. The van der Waals surface area contributed by atoms with Crippen LogP contribution in [0.1, 0.15) is 23.5 Å². The van der Waals surface area contributed by atoms with Crippen LogP contribution in [0.2, 0.25) is 0 Å². The maximum Gasteiger partial charge on any atom is 0.257 e. The molecule has 0 saturated heterocycles. The zero-order valence-electron chi connectivity index (χ0n) is 11.4. The highest BCUT2D eigenvalue weighted by Gasteiger charge is 2.32. The summed E-state index contributed by atoms with van der Waals surface area (Å²) in [6, 6.07) is 2.97. The molecular weight excluding hydrogens is 312 g/mol. The maximum absolute atomic E-state index is 14.0. The highest BCUT2D eigenvalue weighted by Crippen LogP contribution is 2.35. The molecule has 1 aliphatic heterocycles. The van der Waals surface area contributed by atoms with E-state index in [4.69, 9.17) is 0 Å². The van der Waals surface area contributed by atoms with Crippen molar-refractivity contribution in [3.05, 3.63) is 51.3 Å². The average molecular weight is 323 g/mol. The third kappa shape index (κ3) is 2.50. The Morgan fingerprint density at radius 2 is 2.09 bits per heavy atom. The van der Waals surface area contributed by atoms with Crippen molar-refractivity contribution in [2.45, 2.75) is 17.5 Å². The summed E-state index contributed by atoms with van der Waals surface area (Å²) in [4.78, 5) is 30.8. The van der Waals surface area contributed by atoms with Crippen molar-refractivity contribution in [1.29, 1.82) is 0 Å². The van der Waals surface area contributed by atoms with Crippen molar-refractivity contribution in [2.24, 2.45) is 0 Å². The molecule has 0 bridgehead atoms. The van der Waals surface area contributed by atoms with Crippen LogP contribution >= 0.6 is 11.8 Å². The third-order valence-corrected chi connectivity index (χ3v) is 4.04. The minimum absolute atomic E-state index is 0.0275.